The minimum absolute atomic E-state index is 0.0906. The fourth-order valence-electron chi connectivity index (χ4n) is 1.51. The van der Waals surface area contributed by atoms with E-state index >= 15 is 0 Å². The van der Waals surface area contributed by atoms with E-state index in [2.05, 4.69) is 9.97 Å². The topological polar surface area (TPSA) is 54.7 Å². The highest BCUT2D eigenvalue weighted by Gasteiger charge is 2.25. The Bertz CT molecular complexity index is 536. The molecule has 0 aliphatic carbocycles. The zero-order valence-electron chi connectivity index (χ0n) is 9.42. The summed E-state index contributed by atoms with van der Waals surface area (Å²) in [5.41, 5.74) is 7.81. The average Bonchev–Trinajstić information content (AvgIpc) is 2.65. The van der Waals surface area contributed by atoms with Crippen molar-refractivity contribution in [3.63, 3.8) is 0 Å². The van der Waals surface area contributed by atoms with Crippen LogP contribution in [0, 0.1) is 0 Å². The molecule has 0 fully saturated rings. The molecule has 18 heavy (non-hydrogen) atoms. The molecule has 2 rings (SSSR count). The molecule has 3 N–H and O–H groups in total. The van der Waals surface area contributed by atoms with Gasteiger partial charge in [0.25, 0.3) is 0 Å². The molecule has 0 saturated carbocycles. The maximum Gasteiger partial charge on any atom is 0.389 e. The number of nitrogen functional groups attached to an aromatic ring is 1. The zero-order chi connectivity index (χ0) is 13.2. The molecule has 0 unspecified atom stereocenters. The molecular weight excluding hydrogens is 263 g/mol. The van der Waals surface area contributed by atoms with Crippen molar-refractivity contribution in [1.29, 1.82) is 0 Å². The van der Waals surface area contributed by atoms with E-state index in [0.717, 1.165) is 11.0 Å². The molecule has 2 aromatic rings. The van der Waals surface area contributed by atoms with Crippen LogP contribution in [0.3, 0.4) is 0 Å². The molecule has 0 radical (unpaired) electrons. The quantitative estimate of drug-likeness (QED) is 0.509. The van der Waals surface area contributed by atoms with Gasteiger partial charge in [-0.15, -0.1) is 0 Å². The second kappa shape index (κ2) is 5.09. The van der Waals surface area contributed by atoms with Crippen LogP contribution in [0.1, 0.15) is 12.8 Å². The van der Waals surface area contributed by atoms with Crippen molar-refractivity contribution in [3.05, 3.63) is 18.2 Å². The van der Waals surface area contributed by atoms with Gasteiger partial charge >= 0.3 is 6.18 Å². The van der Waals surface area contributed by atoms with Gasteiger partial charge in [0.15, 0.2) is 5.16 Å². The molecule has 7 heteroatoms. The molecule has 0 aliphatic rings. The van der Waals surface area contributed by atoms with Crippen molar-refractivity contribution in [2.45, 2.75) is 24.2 Å². The first-order chi connectivity index (χ1) is 8.44. The predicted molar refractivity (Wildman–Crippen MR) is 66.5 cm³/mol. The molecule has 0 amide bonds. The van der Waals surface area contributed by atoms with E-state index in [4.69, 9.17) is 5.73 Å². The Morgan fingerprint density at radius 2 is 2.11 bits per heavy atom. The minimum atomic E-state index is -4.08. The van der Waals surface area contributed by atoms with Crippen LogP contribution >= 0.6 is 11.8 Å². The lowest BCUT2D eigenvalue weighted by Gasteiger charge is -2.04. The predicted octanol–water partition coefficient (Wildman–Crippen LogP) is 3.58. The Morgan fingerprint density at radius 1 is 1.33 bits per heavy atom. The number of halogens is 3. The number of aromatic amines is 1. The summed E-state index contributed by atoms with van der Waals surface area (Å²) in [6, 6.07) is 5.27. The molecule has 1 heterocycles. The summed E-state index contributed by atoms with van der Waals surface area (Å²) < 4.78 is 35.8. The second-order valence-electron chi connectivity index (χ2n) is 3.89. The number of hydrogen-bond donors (Lipinski definition) is 2. The lowest BCUT2D eigenvalue weighted by molar-refractivity contribution is -0.134. The summed E-state index contributed by atoms with van der Waals surface area (Å²) in [5.74, 6) is 0.384. The molecular formula is C11H12F3N3S. The summed E-state index contributed by atoms with van der Waals surface area (Å²) in [5, 5.41) is 0.623. The van der Waals surface area contributed by atoms with Crippen LogP contribution in [-0.4, -0.2) is 21.9 Å². The van der Waals surface area contributed by atoms with E-state index in [0.29, 0.717) is 16.6 Å². The Balaban J connectivity index is 1.92. The monoisotopic (exact) mass is 275 g/mol. The maximum atomic E-state index is 11.9. The Kier molecular flexibility index (Phi) is 3.70. The van der Waals surface area contributed by atoms with Gasteiger partial charge in [0, 0.05) is 17.9 Å². The normalized spacial score (nSPS) is 12.2. The second-order valence-corrected chi connectivity index (χ2v) is 4.97. The van der Waals surface area contributed by atoms with Gasteiger partial charge < -0.3 is 10.7 Å². The van der Waals surface area contributed by atoms with Crippen LogP contribution in [0.15, 0.2) is 23.4 Å². The molecule has 0 saturated heterocycles. The number of aromatic nitrogens is 2. The Morgan fingerprint density at radius 3 is 2.83 bits per heavy atom. The van der Waals surface area contributed by atoms with E-state index in [1.165, 1.54) is 11.8 Å². The van der Waals surface area contributed by atoms with E-state index in [9.17, 15) is 13.2 Å². The Hall–Kier alpha value is -1.37. The van der Waals surface area contributed by atoms with Gasteiger partial charge in [0.2, 0.25) is 0 Å². The van der Waals surface area contributed by atoms with Gasteiger partial charge in [-0.2, -0.15) is 13.2 Å². The van der Waals surface area contributed by atoms with Gasteiger partial charge in [-0.3, -0.25) is 0 Å². The lowest BCUT2D eigenvalue weighted by atomic mass is 10.3. The highest BCUT2D eigenvalue weighted by Crippen LogP contribution is 2.25. The van der Waals surface area contributed by atoms with Crippen LogP contribution in [0.2, 0.25) is 0 Å². The molecule has 0 bridgehead atoms. The van der Waals surface area contributed by atoms with E-state index in [1.54, 1.807) is 18.2 Å². The fourth-order valence-corrected chi connectivity index (χ4v) is 2.34. The smallest absolute Gasteiger partial charge is 0.389 e. The number of thioether (sulfide) groups is 1. The Labute approximate surface area is 106 Å². The van der Waals surface area contributed by atoms with E-state index in [1.807, 2.05) is 0 Å². The van der Waals surface area contributed by atoms with Crippen LogP contribution in [0.25, 0.3) is 11.0 Å². The number of imidazole rings is 1. The summed E-state index contributed by atoms with van der Waals surface area (Å²) in [6.45, 7) is 0. The van der Waals surface area contributed by atoms with E-state index < -0.39 is 12.6 Å². The molecule has 1 aromatic carbocycles. The third kappa shape index (κ3) is 3.56. The summed E-state index contributed by atoms with van der Waals surface area (Å²) >= 11 is 1.29. The number of rotatable bonds is 4. The van der Waals surface area contributed by atoms with Gasteiger partial charge in [-0.1, -0.05) is 11.8 Å². The first-order valence-corrected chi connectivity index (χ1v) is 6.37. The number of nitrogens with two attached hydrogens (primary N) is 1. The zero-order valence-corrected chi connectivity index (χ0v) is 10.2. The molecule has 1 aromatic heterocycles. The number of nitrogens with one attached hydrogen (secondary N) is 1. The van der Waals surface area contributed by atoms with Crippen molar-refractivity contribution < 1.29 is 13.2 Å². The lowest BCUT2D eigenvalue weighted by Crippen LogP contribution is -2.06. The fraction of sp³-hybridized carbons (Fsp3) is 0.364. The third-order valence-corrected chi connectivity index (χ3v) is 3.29. The summed E-state index contributed by atoms with van der Waals surface area (Å²) in [7, 11) is 0. The van der Waals surface area contributed by atoms with Crippen molar-refractivity contribution in [3.8, 4) is 0 Å². The maximum absolute atomic E-state index is 11.9. The third-order valence-electron chi connectivity index (χ3n) is 2.33. The van der Waals surface area contributed by atoms with Crippen molar-refractivity contribution in [1.82, 2.24) is 9.97 Å². The van der Waals surface area contributed by atoms with Crippen LogP contribution in [0.4, 0.5) is 18.9 Å². The van der Waals surface area contributed by atoms with Crippen molar-refractivity contribution >= 4 is 28.5 Å². The number of hydrogen-bond acceptors (Lipinski definition) is 3. The SMILES string of the molecule is Nc1ccc2nc(SCCCC(F)(F)F)[nH]c2c1. The molecule has 0 spiro atoms. The number of nitrogens with zero attached hydrogens (tertiary/aromatic N) is 1. The molecule has 3 nitrogen and oxygen atoms in total. The van der Waals surface area contributed by atoms with Gasteiger partial charge in [-0.05, 0) is 24.6 Å². The average molecular weight is 275 g/mol. The van der Waals surface area contributed by atoms with Crippen LogP contribution < -0.4 is 5.73 Å². The number of anilines is 1. The standard InChI is InChI=1S/C11H12F3N3S/c12-11(13,14)4-1-5-18-10-16-8-3-2-7(15)6-9(8)17-10/h2-3,6H,1,4-5,15H2,(H,16,17). The molecule has 0 atom stereocenters. The first-order valence-electron chi connectivity index (χ1n) is 5.39. The van der Waals surface area contributed by atoms with E-state index in [-0.39, 0.29) is 6.42 Å². The number of alkyl halides is 3. The number of H-pyrrole nitrogens is 1. The summed E-state index contributed by atoms with van der Waals surface area (Å²) in [4.78, 5) is 7.28. The van der Waals surface area contributed by atoms with Crippen LogP contribution in [0.5, 0.6) is 0 Å². The van der Waals surface area contributed by atoms with Crippen molar-refractivity contribution in [2.24, 2.45) is 0 Å². The van der Waals surface area contributed by atoms with Gasteiger partial charge in [0.1, 0.15) is 0 Å². The number of benzene rings is 1. The molecule has 98 valence electrons. The summed E-state index contributed by atoms with van der Waals surface area (Å²) in [6.07, 6.45) is -4.75. The van der Waals surface area contributed by atoms with Crippen LogP contribution in [-0.2, 0) is 0 Å². The highest BCUT2D eigenvalue weighted by atomic mass is 32.2. The molecule has 0 aliphatic heterocycles. The minimum Gasteiger partial charge on any atom is -0.399 e. The van der Waals surface area contributed by atoms with Crippen molar-refractivity contribution in [2.75, 3.05) is 11.5 Å². The highest BCUT2D eigenvalue weighted by molar-refractivity contribution is 7.99. The first kappa shape index (κ1) is 13.1. The van der Waals surface area contributed by atoms with Gasteiger partial charge in [0.05, 0.1) is 11.0 Å². The number of fused-ring (bicyclic) bond motifs is 1. The largest absolute Gasteiger partial charge is 0.399 e. The van der Waals surface area contributed by atoms with Gasteiger partial charge in [-0.25, -0.2) is 4.98 Å².